The highest BCUT2D eigenvalue weighted by atomic mass is 16.5. The van der Waals surface area contributed by atoms with E-state index >= 15 is 0 Å². The zero-order valence-electron chi connectivity index (χ0n) is 16.1. The van der Waals surface area contributed by atoms with Gasteiger partial charge in [-0.3, -0.25) is 25.2 Å². The van der Waals surface area contributed by atoms with E-state index in [1.54, 1.807) is 31.2 Å². The molecule has 2 aromatic carbocycles. The quantitative estimate of drug-likeness (QED) is 0.472. The fourth-order valence-corrected chi connectivity index (χ4v) is 2.80. The Morgan fingerprint density at radius 1 is 1.00 bits per heavy atom. The first-order valence-electron chi connectivity index (χ1n) is 9.37. The fraction of sp³-hybridized carbons (Fsp3) is 0.238. The van der Waals surface area contributed by atoms with Gasteiger partial charge >= 0.3 is 0 Å². The number of fused-ring (bicyclic) bond motifs is 1. The van der Waals surface area contributed by atoms with Gasteiger partial charge in [0, 0.05) is 18.4 Å². The van der Waals surface area contributed by atoms with Crippen LogP contribution in [0.25, 0.3) is 10.8 Å². The van der Waals surface area contributed by atoms with Gasteiger partial charge in [0.2, 0.25) is 5.91 Å². The number of nitrogens with zero attached hydrogens (tertiary/aromatic N) is 2. The maximum absolute atomic E-state index is 12.5. The highest BCUT2D eigenvalue weighted by Crippen LogP contribution is 2.13. The van der Waals surface area contributed by atoms with Gasteiger partial charge in [-0.1, -0.05) is 36.4 Å². The molecule has 1 aromatic heterocycles. The number of nitrogens with one attached hydrogen (secondary N) is 2. The molecule has 8 nitrogen and oxygen atoms in total. The van der Waals surface area contributed by atoms with E-state index in [4.69, 9.17) is 4.74 Å². The summed E-state index contributed by atoms with van der Waals surface area (Å²) in [6.07, 6.45) is 0.689. The van der Waals surface area contributed by atoms with E-state index in [0.29, 0.717) is 30.3 Å². The van der Waals surface area contributed by atoms with Crippen LogP contribution in [-0.4, -0.2) is 28.2 Å². The minimum absolute atomic E-state index is 0.0785. The molecule has 0 spiro atoms. The van der Waals surface area contributed by atoms with Gasteiger partial charge in [0.05, 0.1) is 12.0 Å². The van der Waals surface area contributed by atoms with Gasteiger partial charge in [-0.15, -0.1) is 0 Å². The number of ether oxygens (including phenoxy) is 1. The summed E-state index contributed by atoms with van der Waals surface area (Å²) < 4.78 is 6.75. The third kappa shape index (κ3) is 4.98. The van der Waals surface area contributed by atoms with Crippen LogP contribution in [0.15, 0.2) is 59.4 Å². The van der Waals surface area contributed by atoms with Crippen LogP contribution < -0.4 is 21.1 Å². The number of hydrazine groups is 1. The molecule has 3 rings (SSSR count). The number of aromatic nitrogens is 2. The molecule has 2 amide bonds. The van der Waals surface area contributed by atoms with E-state index in [1.807, 2.05) is 30.3 Å². The molecule has 0 radical (unpaired) electrons. The van der Waals surface area contributed by atoms with Crippen LogP contribution in [0.2, 0.25) is 0 Å². The Morgan fingerprint density at radius 3 is 2.41 bits per heavy atom. The van der Waals surface area contributed by atoms with Gasteiger partial charge < -0.3 is 4.74 Å². The first-order chi connectivity index (χ1) is 14.1. The number of carbonyl (C=O) groups excluding carboxylic acids is 2. The third-order valence-electron chi connectivity index (χ3n) is 4.26. The van der Waals surface area contributed by atoms with Gasteiger partial charge in [-0.2, -0.15) is 5.10 Å². The minimum atomic E-state index is -0.586. The Balaban J connectivity index is 1.56. The first kappa shape index (κ1) is 20.1. The second-order valence-electron chi connectivity index (χ2n) is 6.28. The van der Waals surface area contributed by atoms with Crippen molar-refractivity contribution >= 4 is 22.6 Å². The monoisotopic (exact) mass is 394 g/mol. The summed E-state index contributed by atoms with van der Waals surface area (Å²) in [7, 11) is 0. The molecule has 0 aliphatic rings. The third-order valence-corrected chi connectivity index (χ3v) is 4.26. The predicted molar refractivity (Wildman–Crippen MR) is 108 cm³/mol. The average molecular weight is 394 g/mol. The standard InChI is InChI=1S/C21H22N4O4/c1-2-25-21(28)17-12-7-6-11-16(17)19(24-25)20(27)23-22-18(26)13-8-14-29-15-9-4-3-5-10-15/h3-7,9-12H,2,8,13-14H2,1H3,(H,22,26)(H,23,27). The number of hydrogen-bond donors (Lipinski definition) is 2. The molecule has 0 aliphatic heterocycles. The lowest BCUT2D eigenvalue weighted by atomic mass is 10.1. The van der Waals surface area contributed by atoms with Crippen LogP contribution in [0.4, 0.5) is 0 Å². The van der Waals surface area contributed by atoms with Gasteiger partial charge in [0.15, 0.2) is 5.69 Å². The van der Waals surface area contributed by atoms with Crippen LogP contribution in [-0.2, 0) is 11.3 Å². The van der Waals surface area contributed by atoms with Crippen molar-refractivity contribution in [2.24, 2.45) is 0 Å². The number of hydrogen-bond acceptors (Lipinski definition) is 5. The Bertz CT molecular complexity index is 1060. The maximum atomic E-state index is 12.5. The van der Waals surface area contributed by atoms with Crippen LogP contribution >= 0.6 is 0 Å². The largest absolute Gasteiger partial charge is 0.494 e. The first-order valence-corrected chi connectivity index (χ1v) is 9.37. The molecule has 0 bridgehead atoms. The molecule has 8 heteroatoms. The Hall–Kier alpha value is -3.68. The van der Waals surface area contributed by atoms with Crippen molar-refractivity contribution in [2.75, 3.05) is 6.61 Å². The normalized spacial score (nSPS) is 10.5. The van der Waals surface area contributed by atoms with E-state index in [1.165, 1.54) is 4.68 Å². The van der Waals surface area contributed by atoms with Crippen LogP contribution in [0.1, 0.15) is 30.3 Å². The number of aryl methyl sites for hydroxylation is 1. The summed E-state index contributed by atoms with van der Waals surface area (Å²) in [4.78, 5) is 36.8. The number of carbonyl (C=O) groups is 2. The smallest absolute Gasteiger partial charge is 0.290 e. The van der Waals surface area contributed by atoms with Crippen LogP contribution in [0.3, 0.4) is 0 Å². The molecule has 0 fully saturated rings. The van der Waals surface area contributed by atoms with Crippen molar-refractivity contribution in [2.45, 2.75) is 26.3 Å². The van der Waals surface area contributed by atoms with Crippen molar-refractivity contribution < 1.29 is 14.3 Å². The second-order valence-corrected chi connectivity index (χ2v) is 6.28. The molecular weight excluding hydrogens is 372 g/mol. The van der Waals surface area contributed by atoms with E-state index < -0.39 is 5.91 Å². The summed E-state index contributed by atoms with van der Waals surface area (Å²) in [5.41, 5.74) is 4.55. The van der Waals surface area contributed by atoms with E-state index in [-0.39, 0.29) is 23.6 Å². The van der Waals surface area contributed by atoms with E-state index in [0.717, 1.165) is 5.75 Å². The molecule has 29 heavy (non-hydrogen) atoms. The van der Waals surface area contributed by atoms with Gasteiger partial charge in [-0.25, -0.2) is 4.68 Å². The van der Waals surface area contributed by atoms with E-state index in [9.17, 15) is 14.4 Å². The SMILES string of the molecule is CCn1nc(C(=O)NNC(=O)CCCOc2ccccc2)c2ccccc2c1=O. The van der Waals surface area contributed by atoms with Gasteiger partial charge in [0.1, 0.15) is 5.75 Å². The summed E-state index contributed by atoms with van der Waals surface area (Å²) in [6, 6.07) is 16.1. The van der Waals surface area contributed by atoms with Crippen molar-refractivity contribution in [1.82, 2.24) is 20.6 Å². The van der Waals surface area contributed by atoms with Gasteiger partial charge in [-0.05, 0) is 31.5 Å². The highest BCUT2D eigenvalue weighted by molar-refractivity contribution is 6.05. The lowest BCUT2D eigenvalue weighted by Gasteiger charge is -2.11. The Labute approximate surface area is 167 Å². The fourth-order valence-electron chi connectivity index (χ4n) is 2.80. The summed E-state index contributed by atoms with van der Waals surface area (Å²) in [6.45, 7) is 2.49. The molecule has 1 heterocycles. The number of para-hydroxylation sites is 1. The molecule has 0 unspecified atom stereocenters. The number of rotatable bonds is 7. The van der Waals surface area contributed by atoms with E-state index in [2.05, 4.69) is 16.0 Å². The summed E-state index contributed by atoms with van der Waals surface area (Å²) >= 11 is 0. The molecule has 0 aliphatic carbocycles. The molecule has 0 saturated carbocycles. The van der Waals surface area contributed by atoms with Crippen molar-refractivity contribution in [3.8, 4) is 5.75 Å². The Morgan fingerprint density at radius 2 is 1.69 bits per heavy atom. The molecule has 2 N–H and O–H groups in total. The van der Waals surface area contributed by atoms with Crippen molar-refractivity contribution in [3.05, 3.63) is 70.6 Å². The van der Waals surface area contributed by atoms with Gasteiger partial charge in [0.25, 0.3) is 11.5 Å². The minimum Gasteiger partial charge on any atom is -0.494 e. The zero-order chi connectivity index (χ0) is 20.6. The second kappa shape index (κ2) is 9.50. The van der Waals surface area contributed by atoms with Crippen molar-refractivity contribution in [1.29, 1.82) is 0 Å². The maximum Gasteiger partial charge on any atom is 0.290 e. The van der Waals surface area contributed by atoms with Crippen LogP contribution in [0.5, 0.6) is 5.75 Å². The molecule has 0 atom stereocenters. The number of amides is 2. The molecular formula is C21H22N4O4. The topological polar surface area (TPSA) is 102 Å². The molecule has 150 valence electrons. The zero-order valence-corrected chi connectivity index (χ0v) is 16.1. The predicted octanol–water partition coefficient (Wildman–Crippen LogP) is 2.04. The summed E-state index contributed by atoms with van der Waals surface area (Å²) in [5, 5.41) is 4.96. The average Bonchev–Trinajstić information content (AvgIpc) is 2.76. The number of benzene rings is 2. The highest BCUT2D eigenvalue weighted by Gasteiger charge is 2.16. The van der Waals surface area contributed by atoms with Crippen LogP contribution in [0, 0.1) is 0 Å². The molecule has 0 saturated heterocycles. The molecule has 3 aromatic rings. The Kier molecular flexibility index (Phi) is 6.57. The lowest BCUT2D eigenvalue weighted by Crippen LogP contribution is -2.42. The van der Waals surface area contributed by atoms with Crippen molar-refractivity contribution in [3.63, 3.8) is 0 Å². The summed E-state index contributed by atoms with van der Waals surface area (Å²) in [5.74, 6) is -0.189. The lowest BCUT2D eigenvalue weighted by molar-refractivity contribution is -0.122.